The van der Waals surface area contributed by atoms with Crippen LogP contribution in [0.25, 0.3) is 11.0 Å². The Balaban J connectivity index is 2.44. The van der Waals surface area contributed by atoms with E-state index in [1.54, 1.807) is 0 Å². The predicted molar refractivity (Wildman–Crippen MR) is 84.6 cm³/mol. The Bertz CT molecular complexity index is 575. The summed E-state index contributed by atoms with van der Waals surface area (Å²) in [6, 6.07) is 6.10. The molecule has 0 saturated carbocycles. The zero-order valence-corrected chi connectivity index (χ0v) is 13.4. The van der Waals surface area contributed by atoms with E-state index >= 15 is 0 Å². The average molecular weight is 295 g/mol. The van der Waals surface area contributed by atoms with Crippen LogP contribution in [0.1, 0.15) is 45.3 Å². The van der Waals surface area contributed by atoms with E-state index in [2.05, 4.69) is 36.4 Å². The van der Waals surface area contributed by atoms with E-state index in [-0.39, 0.29) is 5.38 Å². The molecule has 0 spiro atoms. The summed E-state index contributed by atoms with van der Waals surface area (Å²) in [7, 11) is 0. The van der Waals surface area contributed by atoms with E-state index < -0.39 is 0 Å². The normalized spacial score (nSPS) is 13.1. The maximum absolute atomic E-state index is 6.27. The molecule has 3 nitrogen and oxygen atoms in total. The van der Waals surface area contributed by atoms with Crippen LogP contribution >= 0.6 is 11.6 Å². The molecule has 4 heteroatoms. The smallest absolute Gasteiger partial charge is 0.127 e. The van der Waals surface area contributed by atoms with Gasteiger partial charge in [-0.05, 0) is 31.4 Å². The van der Waals surface area contributed by atoms with Gasteiger partial charge in [-0.15, -0.1) is 11.6 Å². The summed E-state index contributed by atoms with van der Waals surface area (Å²) in [5.74, 6) is 2.36. The summed E-state index contributed by atoms with van der Waals surface area (Å²) in [6.07, 6.45) is 1.00. The molecule has 2 aromatic rings. The first kappa shape index (κ1) is 15.2. The highest BCUT2D eigenvalue weighted by Crippen LogP contribution is 2.28. The second-order valence-electron chi connectivity index (χ2n) is 5.59. The van der Waals surface area contributed by atoms with Crippen molar-refractivity contribution in [1.82, 2.24) is 9.55 Å². The molecule has 2 rings (SSSR count). The zero-order chi connectivity index (χ0) is 14.7. The van der Waals surface area contributed by atoms with E-state index in [0.29, 0.717) is 5.92 Å². The number of hydrogen-bond acceptors (Lipinski definition) is 2. The Hall–Kier alpha value is -1.22. The van der Waals surface area contributed by atoms with Crippen LogP contribution in [0.15, 0.2) is 18.2 Å². The van der Waals surface area contributed by atoms with Crippen LogP contribution in [0.3, 0.4) is 0 Å². The van der Waals surface area contributed by atoms with Crippen molar-refractivity contribution >= 4 is 22.6 Å². The molecule has 0 radical (unpaired) electrons. The number of hydrogen-bond donors (Lipinski definition) is 0. The highest BCUT2D eigenvalue weighted by atomic mass is 35.5. The third kappa shape index (κ3) is 3.26. The Morgan fingerprint density at radius 3 is 2.65 bits per heavy atom. The predicted octanol–water partition coefficient (Wildman–Crippen LogP) is 4.78. The number of halogens is 1. The second kappa shape index (κ2) is 6.49. The van der Waals surface area contributed by atoms with Crippen LogP contribution in [0.5, 0.6) is 5.75 Å². The molecule has 1 heterocycles. The number of imidazole rings is 1. The molecular weight excluding hydrogens is 272 g/mol. The summed E-state index contributed by atoms with van der Waals surface area (Å²) in [4.78, 5) is 4.68. The quantitative estimate of drug-likeness (QED) is 0.717. The van der Waals surface area contributed by atoms with Crippen molar-refractivity contribution in [3.8, 4) is 5.75 Å². The first-order valence-corrected chi connectivity index (χ1v) is 7.73. The fourth-order valence-electron chi connectivity index (χ4n) is 2.30. The number of alkyl halides is 1. The van der Waals surface area contributed by atoms with Gasteiger partial charge in [0.15, 0.2) is 0 Å². The number of nitrogens with zero attached hydrogens (tertiary/aromatic N) is 2. The molecule has 0 aliphatic rings. The van der Waals surface area contributed by atoms with Crippen LogP contribution in [0.4, 0.5) is 0 Å². The lowest BCUT2D eigenvalue weighted by Crippen LogP contribution is -2.09. The fourth-order valence-corrected chi connectivity index (χ4v) is 2.47. The lowest BCUT2D eigenvalue weighted by molar-refractivity contribution is 0.318. The minimum atomic E-state index is -0.0961. The molecule has 110 valence electrons. The molecule has 1 aromatic heterocycles. The summed E-state index contributed by atoms with van der Waals surface area (Å²) in [5, 5.41) is -0.0961. The van der Waals surface area contributed by atoms with Gasteiger partial charge in [0.1, 0.15) is 11.6 Å². The van der Waals surface area contributed by atoms with Crippen LogP contribution in [-0.2, 0) is 6.54 Å². The SMILES string of the molecule is CCCOc1ccc2c(c1)nc(C(C)Cl)n2CC(C)C. The molecule has 0 bridgehead atoms. The van der Waals surface area contributed by atoms with Gasteiger partial charge in [0.2, 0.25) is 0 Å². The van der Waals surface area contributed by atoms with Gasteiger partial charge in [0, 0.05) is 12.6 Å². The average Bonchev–Trinajstić information content (AvgIpc) is 2.74. The van der Waals surface area contributed by atoms with Crippen molar-refractivity contribution in [3.63, 3.8) is 0 Å². The van der Waals surface area contributed by atoms with Crippen molar-refractivity contribution < 1.29 is 4.74 Å². The Morgan fingerprint density at radius 2 is 2.05 bits per heavy atom. The lowest BCUT2D eigenvalue weighted by atomic mass is 10.2. The molecule has 0 saturated heterocycles. The Labute approximate surface area is 125 Å². The Morgan fingerprint density at radius 1 is 1.30 bits per heavy atom. The number of benzene rings is 1. The molecular formula is C16H23ClN2O. The number of aromatic nitrogens is 2. The van der Waals surface area contributed by atoms with E-state index in [1.165, 1.54) is 0 Å². The first-order chi connectivity index (χ1) is 9.52. The largest absolute Gasteiger partial charge is 0.494 e. The van der Waals surface area contributed by atoms with Gasteiger partial charge >= 0.3 is 0 Å². The monoisotopic (exact) mass is 294 g/mol. The van der Waals surface area contributed by atoms with E-state index in [0.717, 1.165) is 42.2 Å². The molecule has 0 amide bonds. The molecule has 1 aromatic carbocycles. The first-order valence-electron chi connectivity index (χ1n) is 7.30. The highest BCUT2D eigenvalue weighted by molar-refractivity contribution is 6.20. The third-order valence-corrected chi connectivity index (χ3v) is 3.32. The standard InChI is InChI=1S/C16H23ClN2O/c1-5-8-20-13-6-7-15-14(9-13)18-16(12(4)17)19(15)10-11(2)3/h6-7,9,11-12H,5,8,10H2,1-4H3. The van der Waals surface area contributed by atoms with Crippen molar-refractivity contribution in [2.24, 2.45) is 5.92 Å². The maximum atomic E-state index is 6.27. The van der Waals surface area contributed by atoms with Gasteiger partial charge in [0.25, 0.3) is 0 Å². The van der Waals surface area contributed by atoms with Crippen LogP contribution < -0.4 is 4.74 Å². The zero-order valence-electron chi connectivity index (χ0n) is 12.7. The van der Waals surface area contributed by atoms with E-state index in [1.807, 2.05) is 19.1 Å². The molecule has 1 atom stereocenters. The molecule has 1 unspecified atom stereocenters. The number of rotatable bonds is 6. The van der Waals surface area contributed by atoms with E-state index in [9.17, 15) is 0 Å². The van der Waals surface area contributed by atoms with Crippen molar-refractivity contribution in [2.75, 3.05) is 6.61 Å². The summed E-state index contributed by atoms with van der Waals surface area (Å²) in [5.41, 5.74) is 2.09. The van der Waals surface area contributed by atoms with Crippen molar-refractivity contribution in [1.29, 1.82) is 0 Å². The molecule has 0 fully saturated rings. The fraction of sp³-hybridized carbons (Fsp3) is 0.562. The van der Waals surface area contributed by atoms with Gasteiger partial charge in [-0.25, -0.2) is 4.98 Å². The molecule has 0 aliphatic carbocycles. The molecule has 0 aliphatic heterocycles. The third-order valence-electron chi connectivity index (χ3n) is 3.13. The maximum Gasteiger partial charge on any atom is 0.127 e. The second-order valence-corrected chi connectivity index (χ2v) is 6.24. The van der Waals surface area contributed by atoms with E-state index in [4.69, 9.17) is 16.3 Å². The van der Waals surface area contributed by atoms with Gasteiger partial charge in [-0.3, -0.25) is 0 Å². The minimum Gasteiger partial charge on any atom is -0.494 e. The number of fused-ring (bicyclic) bond motifs is 1. The molecule has 0 N–H and O–H groups in total. The van der Waals surface area contributed by atoms with Gasteiger partial charge < -0.3 is 9.30 Å². The van der Waals surface area contributed by atoms with Crippen LogP contribution in [0, 0.1) is 5.92 Å². The van der Waals surface area contributed by atoms with Crippen molar-refractivity contribution in [3.05, 3.63) is 24.0 Å². The van der Waals surface area contributed by atoms with Gasteiger partial charge in [-0.1, -0.05) is 20.8 Å². The van der Waals surface area contributed by atoms with Crippen molar-refractivity contribution in [2.45, 2.75) is 46.0 Å². The highest BCUT2D eigenvalue weighted by Gasteiger charge is 2.16. The lowest BCUT2D eigenvalue weighted by Gasteiger charge is -2.12. The molecule has 20 heavy (non-hydrogen) atoms. The van der Waals surface area contributed by atoms with Gasteiger partial charge in [-0.2, -0.15) is 0 Å². The Kier molecular flexibility index (Phi) is 4.92. The topological polar surface area (TPSA) is 27.1 Å². The van der Waals surface area contributed by atoms with Crippen LogP contribution in [-0.4, -0.2) is 16.2 Å². The van der Waals surface area contributed by atoms with Crippen LogP contribution in [0.2, 0.25) is 0 Å². The summed E-state index contributed by atoms with van der Waals surface area (Å²) in [6.45, 7) is 10.1. The summed E-state index contributed by atoms with van der Waals surface area (Å²) >= 11 is 6.27. The summed E-state index contributed by atoms with van der Waals surface area (Å²) < 4.78 is 7.90. The number of ether oxygens (including phenoxy) is 1. The minimum absolute atomic E-state index is 0.0961. The van der Waals surface area contributed by atoms with Gasteiger partial charge in [0.05, 0.1) is 23.0 Å².